The molecule has 0 bridgehead atoms. The van der Waals surface area contributed by atoms with E-state index < -0.39 is 0 Å². The predicted octanol–water partition coefficient (Wildman–Crippen LogP) is 4.41. The number of rotatable bonds is 5. The molecule has 0 saturated carbocycles. The maximum atomic E-state index is 5.68. The molecule has 0 saturated heterocycles. The molecular weight excluding hydrogens is 376 g/mol. The van der Waals surface area contributed by atoms with Gasteiger partial charge in [0.1, 0.15) is 0 Å². The average Bonchev–Trinajstić information content (AvgIpc) is 2.87. The number of hydrogen-bond acceptors (Lipinski definition) is 3. The highest BCUT2D eigenvalue weighted by Crippen LogP contribution is 2.29. The fourth-order valence-corrected chi connectivity index (χ4v) is 3.48. The van der Waals surface area contributed by atoms with E-state index in [9.17, 15) is 0 Å². The maximum absolute atomic E-state index is 5.68. The molecule has 96 valence electrons. The number of thiophene rings is 1. The van der Waals surface area contributed by atoms with E-state index >= 15 is 0 Å². The van der Waals surface area contributed by atoms with Gasteiger partial charge in [0.05, 0.1) is 0 Å². The summed E-state index contributed by atoms with van der Waals surface area (Å²) in [4.78, 5) is 1.39. The summed E-state index contributed by atoms with van der Waals surface area (Å²) < 4.78 is 2.15. The normalized spacial score (nSPS) is 12.6. The van der Waals surface area contributed by atoms with Crippen LogP contribution in [0.1, 0.15) is 22.9 Å². The summed E-state index contributed by atoms with van der Waals surface area (Å²) in [7, 11) is 0. The Morgan fingerprint density at radius 2 is 2.11 bits per heavy atom. The van der Waals surface area contributed by atoms with Gasteiger partial charge in [-0.25, -0.2) is 0 Å². The van der Waals surface area contributed by atoms with Crippen molar-refractivity contribution in [3.05, 3.63) is 55.1 Å². The Morgan fingerprint density at radius 1 is 1.28 bits per heavy atom. The van der Waals surface area contributed by atoms with Gasteiger partial charge in [0.25, 0.3) is 0 Å². The average molecular weight is 390 g/mol. The number of halogens is 2. The molecule has 5 heteroatoms. The van der Waals surface area contributed by atoms with Gasteiger partial charge in [-0.15, -0.1) is 11.3 Å². The molecule has 0 amide bonds. The highest BCUT2D eigenvalue weighted by atomic mass is 79.9. The summed E-state index contributed by atoms with van der Waals surface area (Å²) in [5.74, 6) is 5.68. The van der Waals surface area contributed by atoms with Gasteiger partial charge in [-0.05, 0) is 48.1 Å². The minimum absolute atomic E-state index is 0.152. The summed E-state index contributed by atoms with van der Waals surface area (Å²) in [5, 5.41) is 2.11. The van der Waals surface area contributed by atoms with Crippen LogP contribution in [0.15, 0.2) is 44.7 Å². The van der Waals surface area contributed by atoms with Gasteiger partial charge in [0.15, 0.2) is 0 Å². The number of hydrazine groups is 1. The van der Waals surface area contributed by atoms with Crippen LogP contribution in [0.2, 0.25) is 0 Å². The van der Waals surface area contributed by atoms with E-state index in [1.165, 1.54) is 10.4 Å². The smallest absolute Gasteiger partial charge is 0.0475 e. The third kappa shape index (κ3) is 3.65. The summed E-state index contributed by atoms with van der Waals surface area (Å²) >= 11 is 8.86. The molecule has 0 fully saturated rings. The summed E-state index contributed by atoms with van der Waals surface area (Å²) in [6.07, 6.45) is 2.01. The Morgan fingerprint density at radius 3 is 2.78 bits per heavy atom. The van der Waals surface area contributed by atoms with Crippen molar-refractivity contribution in [3.8, 4) is 0 Å². The summed E-state index contributed by atoms with van der Waals surface area (Å²) in [6, 6.07) is 10.5. The predicted molar refractivity (Wildman–Crippen MR) is 84.5 cm³/mol. The van der Waals surface area contributed by atoms with Crippen molar-refractivity contribution in [1.29, 1.82) is 0 Å². The number of nitrogens with one attached hydrogen (secondary N) is 1. The molecule has 1 aromatic carbocycles. The van der Waals surface area contributed by atoms with Crippen molar-refractivity contribution in [3.63, 3.8) is 0 Å². The first kappa shape index (κ1) is 14.2. The van der Waals surface area contributed by atoms with Crippen LogP contribution < -0.4 is 11.3 Å². The second-order valence-electron chi connectivity index (χ2n) is 4.00. The molecule has 2 aromatic rings. The second kappa shape index (κ2) is 6.82. The molecular formula is C13H14Br2N2S. The molecule has 18 heavy (non-hydrogen) atoms. The van der Waals surface area contributed by atoms with Gasteiger partial charge in [-0.3, -0.25) is 11.3 Å². The fourth-order valence-electron chi connectivity index (χ4n) is 1.85. The first-order valence-electron chi connectivity index (χ1n) is 5.64. The molecule has 0 aliphatic carbocycles. The third-order valence-electron chi connectivity index (χ3n) is 2.79. The largest absolute Gasteiger partial charge is 0.271 e. The van der Waals surface area contributed by atoms with E-state index in [-0.39, 0.29) is 6.04 Å². The fraction of sp³-hybridized carbons (Fsp3) is 0.231. The number of hydrogen-bond donors (Lipinski definition) is 2. The molecule has 1 atom stereocenters. The van der Waals surface area contributed by atoms with E-state index in [0.29, 0.717) is 0 Å². The molecule has 0 spiro atoms. The summed E-state index contributed by atoms with van der Waals surface area (Å²) in [6.45, 7) is 0. The molecule has 0 aliphatic heterocycles. The Hall–Kier alpha value is -0.200. The van der Waals surface area contributed by atoms with E-state index in [1.54, 1.807) is 11.3 Å². The lowest BCUT2D eigenvalue weighted by molar-refractivity contribution is 0.516. The van der Waals surface area contributed by atoms with Gasteiger partial charge >= 0.3 is 0 Å². The van der Waals surface area contributed by atoms with Crippen molar-refractivity contribution in [2.75, 3.05) is 0 Å². The van der Waals surface area contributed by atoms with Crippen molar-refractivity contribution in [2.24, 2.45) is 5.84 Å². The number of benzene rings is 1. The van der Waals surface area contributed by atoms with Crippen molar-refractivity contribution in [2.45, 2.75) is 18.9 Å². The third-order valence-corrected chi connectivity index (χ3v) is 4.95. The standard InChI is InChI=1S/C13H14Br2N2S/c14-9-3-5-12(15)11(8-9)13(17-16)6-4-10-2-1-7-18-10/h1-3,5,7-8,13,17H,4,6,16H2. The first-order chi connectivity index (χ1) is 8.70. The van der Waals surface area contributed by atoms with Gasteiger partial charge in [0, 0.05) is 19.9 Å². The second-order valence-corrected chi connectivity index (χ2v) is 6.81. The minimum atomic E-state index is 0.152. The van der Waals surface area contributed by atoms with Crippen LogP contribution in [0.4, 0.5) is 0 Å². The molecule has 2 nitrogen and oxygen atoms in total. The molecule has 1 heterocycles. The lowest BCUT2D eigenvalue weighted by Crippen LogP contribution is -2.28. The molecule has 1 aromatic heterocycles. The first-order valence-corrected chi connectivity index (χ1v) is 8.10. The molecule has 2 rings (SSSR count). The van der Waals surface area contributed by atoms with Gasteiger partial charge in [-0.1, -0.05) is 37.9 Å². The zero-order chi connectivity index (χ0) is 13.0. The highest BCUT2D eigenvalue weighted by Gasteiger charge is 2.13. The van der Waals surface area contributed by atoms with Crippen molar-refractivity contribution >= 4 is 43.2 Å². The van der Waals surface area contributed by atoms with Gasteiger partial charge < -0.3 is 0 Å². The quantitative estimate of drug-likeness (QED) is 0.587. The monoisotopic (exact) mass is 388 g/mol. The SMILES string of the molecule is NNC(CCc1cccs1)c1cc(Br)ccc1Br. The molecule has 0 aliphatic rings. The van der Waals surface area contributed by atoms with Crippen LogP contribution in [-0.4, -0.2) is 0 Å². The Labute approximate surface area is 128 Å². The van der Waals surface area contributed by atoms with Gasteiger partial charge in [0.2, 0.25) is 0 Å². The lowest BCUT2D eigenvalue weighted by Gasteiger charge is -2.17. The lowest BCUT2D eigenvalue weighted by atomic mass is 10.0. The van der Waals surface area contributed by atoms with Crippen LogP contribution in [0.25, 0.3) is 0 Å². The minimum Gasteiger partial charge on any atom is -0.271 e. The number of nitrogens with two attached hydrogens (primary N) is 1. The van der Waals surface area contributed by atoms with Crippen LogP contribution >= 0.6 is 43.2 Å². The summed E-state index contributed by atoms with van der Waals surface area (Å²) in [5.41, 5.74) is 4.09. The maximum Gasteiger partial charge on any atom is 0.0475 e. The number of aryl methyl sites for hydroxylation is 1. The van der Waals surface area contributed by atoms with E-state index in [0.717, 1.165) is 21.8 Å². The highest BCUT2D eigenvalue weighted by molar-refractivity contribution is 9.11. The topological polar surface area (TPSA) is 38.0 Å². The van der Waals surface area contributed by atoms with Crippen LogP contribution in [0.5, 0.6) is 0 Å². The van der Waals surface area contributed by atoms with Crippen LogP contribution in [0.3, 0.4) is 0 Å². The van der Waals surface area contributed by atoms with Crippen molar-refractivity contribution in [1.82, 2.24) is 5.43 Å². The Balaban J connectivity index is 2.10. The van der Waals surface area contributed by atoms with E-state index in [2.05, 4.69) is 60.9 Å². The van der Waals surface area contributed by atoms with Crippen molar-refractivity contribution < 1.29 is 0 Å². The van der Waals surface area contributed by atoms with Crippen LogP contribution in [0, 0.1) is 0 Å². The molecule has 1 unspecified atom stereocenters. The van der Waals surface area contributed by atoms with E-state index in [4.69, 9.17) is 5.84 Å². The zero-order valence-electron chi connectivity index (χ0n) is 9.70. The van der Waals surface area contributed by atoms with Crippen LogP contribution in [-0.2, 0) is 6.42 Å². The zero-order valence-corrected chi connectivity index (χ0v) is 13.7. The Kier molecular flexibility index (Phi) is 5.38. The van der Waals surface area contributed by atoms with Gasteiger partial charge in [-0.2, -0.15) is 0 Å². The van der Waals surface area contributed by atoms with E-state index in [1.807, 2.05) is 12.1 Å². The molecule has 3 N–H and O–H groups in total. The molecule has 0 radical (unpaired) electrons. The Bertz CT molecular complexity index is 500.